The van der Waals surface area contributed by atoms with Crippen molar-refractivity contribution >= 4 is 21.7 Å². The van der Waals surface area contributed by atoms with Crippen LogP contribution in [0.15, 0.2) is 158 Å². The molecular weight excluding hydrogens is 560 g/mol. The fraction of sp³-hybridized carbons (Fsp3) is 0.0233. The van der Waals surface area contributed by atoms with E-state index in [0.29, 0.717) is 5.82 Å². The molecule has 214 valence electrons. The maximum atomic E-state index is 6.66. The third-order valence-electron chi connectivity index (χ3n) is 9.75. The van der Waals surface area contributed by atoms with Gasteiger partial charge in [0.15, 0.2) is 5.82 Å². The first-order valence-electron chi connectivity index (χ1n) is 15.7. The van der Waals surface area contributed by atoms with E-state index in [4.69, 9.17) is 14.7 Å². The molecule has 0 atom stereocenters. The number of aromatic nitrogens is 2. The lowest BCUT2D eigenvalue weighted by Crippen LogP contribution is -2.32. The van der Waals surface area contributed by atoms with Gasteiger partial charge in [-0.25, -0.2) is 9.97 Å². The van der Waals surface area contributed by atoms with Crippen molar-refractivity contribution in [1.82, 2.24) is 9.97 Å². The molecular formula is C43H26N2O. The van der Waals surface area contributed by atoms with Crippen LogP contribution in [-0.2, 0) is 5.41 Å². The second kappa shape index (κ2) is 9.47. The van der Waals surface area contributed by atoms with E-state index in [-0.39, 0.29) is 0 Å². The largest absolute Gasteiger partial charge is 0.457 e. The molecule has 0 saturated carbocycles. The molecule has 3 nitrogen and oxygen atoms in total. The molecule has 1 spiro atoms. The van der Waals surface area contributed by atoms with Gasteiger partial charge in [0.1, 0.15) is 11.5 Å². The van der Waals surface area contributed by atoms with Crippen molar-refractivity contribution in [2.45, 2.75) is 5.41 Å². The van der Waals surface area contributed by atoms with Crippen molar-refractivity contribution in [3.63, 3.8) is 0 Å². The van der Waals surface area contributed by atoms with Crippen LogP contribution in [0.1, 0.15) is 22.3 Å². The van der Waals surface area contributed by atoms with Crippen LogP contribution >= 0.6 is 0 Å². The second-order valence-corrected chi connectivity index (χ2v) is 12.1. The molecule has 2 heterocycles. The van der Waals surface area contributed by atoms with Gasteiger partial charge >= 0.3 is 0 Å². The summed E-state index contributed by atoms with van der Waals surface area (Å²) in [4.78, 5) is 10.5. The minimum Gasteiger partial charge on any atom is -0.457 e. The van der Waals surface area contributed by atoms with E-state index in [9.17, 15) is 0 Å². The van der Waals surface area contributed by atoms with Crippen molar-refractivity contribution in [3.8, 4) is 45.3 Å². The lowest BCUT2D eigenvalue weighted by molar-refractivity contribution is 0.436. The van der Waals surface area contributed by atoms with Gasteiger partial charge in [0.2, 0.25) is 0 Å². The Morgan fingerprint density at radius 3 is 1.87 bits per heavy atom. The molecule has 7 aromatic carbocycles. The maximum absolute atomic E-state index is 6.66. The first kappa shape index (κ1) is 25.3. The average Bonchev–Trinajstić information content (AvgIpc) is 3.42. The minimum absolute atomic E-state index is 0.539. The van der Waals surface area contributed by atoms with E-state index in [1.54, 1.807) is 0 Å². The summed E-state index contributed by atoms with van der Waals surface area (Å²) >= 11 is 0. The molecule has 0 radical (unpaired) electrons. The normalized spacial score (nSPS) is 13.6. The molecule has 1 aliphatic heterocycles. The molecule has 1 aromatic heterocycles. The molecule has 46 heavy (non-hydrogen) atoms. The Hall–Kier alpha value is -6.06. The number of hydrogen-bond donors (Lipinski definition) is 0. The van der Waals surface area contributed by atoms with Crippen molar-refractivity contribution in [1.29, 1.82) is 0 Å². The summed E-state index contributed by atoms with van der Waals surface area (Å²) in [6, 6.07) is 55.8. The van der Waals surface area contributed by atoms with Gasteiger partial charge < -0.3 is 4.74 Å². The number of hydrogen-bond acceptors (Lipinski definition) is 3. The zero-order chi connectivity index (χ0) is 30.2. The van der Waals surface area contributed by atoms with Gasteiger partial charge in [-0.2, -0.15) is 0 Å². The average molecular weight is 587 g/mol. The number of rotatable bonds is 2. The van der Waals surface area contributed by atoms with Gasteiger partial charge in [-0.05, 0) is 63.4 Å². The zero-order valence-electron chi connectivity index (χ0n) is 24.8. The van der Waals surface area contributed by atoms with Gasteiger partial charge in [-0.3, -0.25) is 0 Å². The third kappa shape index (κ3) is 3.37. The Balaban J connectivity index is 1.26. The second-order valence-electron chi connectivity index (χ2n) is 12.1. The third-order valence-corrected chi connectivity index (χ3v) is 9.75. The Morgan fingerprint density at radius 2 is 1.04 bits per heavy atom. The SMILES string of the molecule is c1ccc2c(c1)Oc1ccc(-c3nc(-c4cccc5ccccc45)c4ccccc4n3)cc1C21c2ccccc2-c2ccccc21. The van der Waals surface area contributed by atoms with Gasteiger partial charge in [-0.1, -0.05) is 127 Å². The first-order valence-corrected chi connectivity index (χ1v) is 15.7. The van der Waals surface area contributed by atoms with Crippen LogP contribution in [0, 0.1) is 0 Å². The minimum atomic E-state index is -0.539. The lowest BCUT2D eigenvalue weighted by Gasteiger charge is -2.39. The summed E-state index contributed by atoms with van der Waals surface area (Å²) in [5.74, 6) is 2.43. The molecule has 0 saturated heterocycles. The molecule has 2 aliphatic rings. The van der Waals surface area contributed by atoms with Crippen LogP contribution in [0.4, 0.5) is 0 Å². The number of benzene rings is 7. The molecule has 0 fully saturated rings. The van der Waals surface area contributed by atoms with E-state index < -0.39 is 5.41 Å². The Kier molecular flexibility index (Phi) is 5.20. The predicted octanol–water partition coefficient (Wildman–Crippen LogP) is 10.6. The number of ether oxygens (including phenoxy) is 1. The Labute approximate surface area is 266 Å². The fourth-order valence-electron chi connectivity index (χ4n) is 7.84. The van der Waals surface area contributed by atoms with Gasteiger partial charge in [-0.15, -0.1) is 0 Å². The molecule has 10 rings (SSSR count). The molecule has 1 aliphatic carbocycles. The summed E-state index contributed by atoms with van der Waals surface area (Å²) in [6.07, 6.45) is 0. The summed E-state index contributed by atoms with van der Waals surface area (Å²) in [5.41, 5.74) is 10.7. The highest BCUT2D eigenvalue weighted by Gasteiger charge is 2.51. The van der Waals surface area contributed by atoms with E-state index in [1.165, 1.54) is 33.0 Å². The summed E-state index contributed by atoms with van der Waals surface area (Å²) in [5, 5.41) is 3.40. The summed E-state index contributed by atoms with van der Waals surface area (Å²) in [6.45, 7) is 0. The predicted molar refractivity (Wildman–Crippen MR) is 185 cm³/mol. The van der Waals surface area contributed by atoms with Crippen LogP contribution in [0.2, 0.25) is 0 Å². The zero-order valence-corrected chi connectivity index (χ0v) is 24.8. The van der Waals surface area contributed by atoms with E-state index in [2.05, 4.69) is 152 Å². The van der Waals surface area contributed by atoms with Gasteiger partial charge in [0, 0.05) is 27.6 Å². The summed E-state index contributed by atoms with van der Waals surface area (Å²) < 4.78 is 6.66. The summed E-state index contributed by atoms with van der Waals surface area (Å²) in [7, 11) is 0. The van der Waals surface area contributed by atoms with E-state index in [0.717, 1.165) is 50.3 Å². The van der Waals surface area contributed by atoms with E-state index in [1.807, 2.05) is 6.07 Å². The molecule has 8 aromatic rings. The maximum Gasteiger partial charge on any atom is 0.160 e. The van der Waals surface area contributed by atoms with Crippen molar-refractivity contribution in [2.75, 3.05) is 0 Å². The topological polar surface area (TPSA) is 35.0 Å². The van der Waals surface area contributed by atoms with Gasteiger partial charge in [0.05, 0.1) is 16.6 Å². The number of nitrogens with zero attached hydrogens (tertiary/aromatic N) is 2. The van der Waals surface area contributed by atoms with Crippen LogP contribution < -0.4 is 4.74 Å². The quantitative estimate of drug-likeness (QED) is 0.202. The monoisotopic (exact) mass is 586 g/mol. The molecule has 0 bridgehead atoms. The highest BCUT2D eigenvalue weighted by Crippen LogP contribution is 2.62. The molecule has 0 unspecified atom stereocenters. The Morgan fingerprint density at radius 1 is 0.435 bits per heavy atom. The van der Waals surface area contributed by atoms with Crippen molar-refractivity contribution in [2.24, 2.45) is 0 Å². The molecule has 0 amide bonds. The smallest absolute Gasteiger partial charge is 0.160 e. The van der Waals surface area contributed by atoms with E-state index >= 15 is 0 Å². The van der Waals surface area contributed by atoms with Crippen molar-refractivity contribution in [3.05, 3.63) is 180 Å². The van der Waals surface area contributed by atoms with Crippen LogP contribution in [0.25, 0.3) is 55.4 Å². The Bertz CT molecular complexity index is 2480. The standard InChI is InChI=1S/C43H26N2O/c1-2-14-29-27(12-1)13-11-18-32(29)41-33-17-5-9-22-38(33)44-42(45-41)28-24-25-40-37(26-28)43(36-21-8-10-23-39(36)46-40)34-19-6-3-15-30(34)31-16-4-7-20-35(31)43/h1-26H. The van der Waals surface area contributed by atoms with Crippen LogP contribution in [0.3, 0.4) is 0 Å². The highest BCUT2D eigenvalue weighted by molar-refractivity contribution is 6.03. The number of fused-ring (bicyclic) bond motifs is 11. The van der Waals surface area contributed by atoms with Gasteiger partial charge in [0.25, 0.3) is 0 Å². The lowest BCUT2D eigenvalue weighted by atomic mass is 9.66. The highest BCUT2D eigenvalue weighted by atomic mass is 16.5. The molecule has 3 heteroatoms. The first-order chi connectivity index (χ1) is 22.8. The number of para-hydroxylation sites is 2. The van der Waals surface area contributed by atoms with Crippen LogP contribution in [-0.4, -0.2) is 9.97 Å². The van der Waals surface area contributed by atoms with Crippen LogP contribution in [0.5, 0.6) is 11.5 Å². The van der Waals surface area contributed by atoms with Crippen molar-refractivity contribution < 1.29 is 4.74 Å². The molecule has 0 N–H and O–H groups in total. The fourth-order valence-corrected chi connectivity index (χ4v) is 7.84.